The zero-order chi connectivity index (χ0) is 15.1. The van der Waals surface area contributed by atoms with Gasteiger partial charge in [-0.05, 0) is 23.3 Å². The smallest absolute Gasteiger partial charge is 0.309 e. The minimum absolute atomic E-state index is 0.209. The molecule has 0 aliphatic carbocycles. The summed E-state index contributed by atoms with van der Waals surface area (Å²) >= 11 is 6.16. The molecule has 0 spiro atoms. The molecule has 0 aliphatic rings. The molecular weight excluding hydrogens is 288 g/mol. The van der Waals surface area contributed by atoms with Crippen LogP contribution >= 0.6 is 11.6 Å². The molecule has 0 radical (unpaired) electrons. The second-order valence-electron chi connectivity index (χ2n) is 4.60. The zero-order valence-electron chi connectivity index (χ0n) is 11.8. The van der Waals surface area contributed by atoms with Gasteiger partial charge in [0.25, 0.3) is 0 Å². The first-order chi connectivity index (χ1) is 10.2. The summed E-state index contributed by atoms with van der Waals surface area (Å²) in [6, 6.07) is 15.5. The van der Waals surface area contributed by atoms with E-state index in [2.05, 4.69) is 16.9 Å². The molecule has 3 nitrogen and oxygen atoms in total. The molecule has 0 amide bonds. The third-order valence-electron chi connectivity index (χ3n) is 3.06. The largest absolute Gasteiger partial charge is 0.492 e. The van der Waals surface area contributed by atoms with Crippen molar-refractivity contribution in [3.63, 3.8) is 0 Å². The maximum atomic E-state index is 11.2. The van der Waals surface area contributed by atoms with Crippen molar-refractivity contribution in [3.8, 4) is 5.75 Å². The Kier molecular flexibility index (Phi) is 5.64. The monoisotopic (exact) mass is 304 g/mol. The van der Waals surface area contributed by atoms with Gasteiger partial charge >= 0.3 is 5.97 Å². The Morgan fingerprint density at radius 2 is 1.86 bits per heavy atom. The van der Waals surface area contributed by atoms with Crippen LogP contribution in [0.4, 0.5) is 0 Å². The summed E-state index contributed by atoms with van der Waals surface area (Å²) in [7, 11) is 1.37. The Balaban J connectivity index is 1.90. The van der Waals surface area contributed by atoms with Gasteiger partial charge in [0.2, 0.25) is 0 Å². The molecule has 0 saturated heterocycles. The number of hydrogen-bond acceptors (Lipinski definition) is 3. The van der Waals surface area contributed by atoms with Gasteiger partial charge in [-0.1, -0.05) is 48.0 Å². The predicted octanol–water partition coefficient (Wildman–Crippen LogP) is 3.68. The van der Waals surface area contributed by atoms with E-state index in [9.17, 15) is 4.79 Å². The first kappa shape index (κ1) is 15.4. The topological polar surface area (TPSA) is 35.5 Å². The van der Waals surface area contributed by atoms with Gasteiger partial charge in [0.05, 0.1) is 25.2 Å². The summed E-state index contributed by atoms with van der Waals surface area (Å²) in [5.74, 6) is 0.338. The summed E-state index contributed by atoms with van der Waals surface area (Å²) < 4.78 is 10.3. The molecule has 0 atom stereocenters. The zero-order valence-corrected chi connectivity index (χ0v) is 12.6. The third kappa shape index (κ3) is 4.80. The standard InChI is InChI=1S/C17H17ClO3/c1-20-17(19)12-14-7-8-16(15(18)11-14)21-10-9-13-5-3-2-4-6-13/h2-8,11H,9-10,12H2,1H3. The number of methoxy groups -OCH3 is 1. The molecule has 0 fully saturated rings. The van der Waals surface area contributed by atoms with Crippen LogP contribution in [0.5, 0.6) is 5.75 Å². The highest BCUT2D eigenvalue weighted by molar-refractivity contribution is 6.32. The third-order valence-corrected chi connectivity index (χ3v) is 3.36. The second kappa shape index (κ2) is 7.70. The molecule has 2 aromatic rings. The van der Waals surface area contributed by atoms with Crippen molar-refractivity contribution >= 4 is 17.6 Å². The summed E-state index contributed by atoms with van der Waals surface area (Å²) in [4.78, 5) is 11.2. The minimum Gasteiger partial charge on any atom is -0.492 e. The van der Waals surface area contributed by atoms with Gasteiger partial charge in [-0.15, -0.1) is 0 Å². The number of ether oxygens (including phenoxy) is 2. The van der Waals surface area contributed by atoms with Crippen LogP contribution in [-0.2, 0) is 22.4 Å². The molecule has 2 aromatic carbocycles. The average Bonchev–Trinajstić information content (AvgIpc) is 2.50. The molecular formula is C17H17ClO3. The first-order valence-electron chi connectivity index (χ1n) is 6.71. The molecule has 4 heteroatoms. The van der Waals surface area contributed by atoms with Gasteiger partial charge in [0.15, 0.2) is 0 Å². The fourth-order valence-electron chi connectivity index (χ4n) is 1.93. The van der Waals surface area contributed by atoms with E-state index in [0.29, 0.717) is 17.4 Å². The van der Waals surface area contributed by atoms with Crippen molar-refractivity contribution in [1.29, 1.82) is 0 Å². The maximum Gasteiger partial charge on any atom is 0.309 e. The maximum absolute atomic E-state index is 11.2. The number of halogens is 1. The lowest BCUT2D eigenvalue weighted by Crippen LogP contribution is -2.05. The van der Waals surface area contributed by atoms with Crippen LogP contribution < -0.4 is 4.74 Å². The summed E-state index contributed by atoms with van der Waals surface area (Å²) in [5.41, 5.74) is 2.03. The highest BCUT2D eigenvalue weighted by atomic mass is 35.5. The van der Waals surface area contributed by atoms with Crippen LogP contribution in [0.2, 0.25) is 5.02 Å². The van der Waals surface area contributed by atoms with E-state index >= 15 is 0 Å². The molecule has 2 rings (SSSR count). The van der Waals surface area contributed by atoms with Gasteiger partial charge in [-0.2, -0.15) is 0 Å². The fourth-order valence-corrected chi connectivity index (χ4v) is 2.19. The second-order valence-corrected chi connectivity index (χ2v) is 5.01. The van der Waals surface area contributed by atoms with Crippen LogP contribution in [0.1, 0.15) is 11.1 Å². The van der Waals surface area contributed by atoms with Crippen LogP contribution in [0.25, 0.3) is 0 Å². The Morgan fingerprint density at radius 1 is 1.10 bits per heavy atom. The number of carbonyl (C=O) groups excluding carboxylic acids is 1. The van der Waals surface area contributed by atoms with Crippen molar-refractivity contribution in [3.05, 3.63) is 64.7 Å². The van der Waals surface area contributed by atoms with Crippen molar-refractivity contribution in [1.82, 2.24) is 0 Å². The molecule has 0 unspecified atom stereocenters. The average molecular weight is 305 g/mol. The molecule has 0 aromatic heterocycles. The normalized spacial score (nSPS) is 10.2. The summed E-state index contributed by atoms with van der Waals surface area (Å²) in [6.45, 7) is 0.556. The van der Waals surface area contributed by atoms with Crippen molar-refractivity contribution in [2.45, 2.75) is 12.8 Å². The number of rotatable bonds is 6. The lowest BCUT2D eigenvalue weighted by molar-refractivity contribution is -0.139. The molecule has 0 N–H and O–H groups in total. The van der Waals surface area contributed by atoms with Gasteiger partial charge in [-0.25, -0.2) is 0 Å². The lowest BCUT2D eigenvalue weighted by atomic mass is 10.1. The number of hydrogen-bond donors (Lipinski definition) is 0. The molecule has 21 heavy (non-hydrogen) atoms. The van der Waals surface area contributed by atoms with Gasteiger partial charge in [0, 0.05) is 6.42 Å². The van der Waals surface area contributed by atoms with E-state index in [1.165, 1.54) is 12.7 Å². The van der Waals surface area contributed by atoms with Crippen LogP contribution in [0.15, 0.2) is 48.5 Å². The SMILES string of the molecule is COC(=O)Cc1ccc(OCCc2ccccc2)c(Cl)c1. The fraction of sp³-hybridized carbons (Fsp3) is 0.235. The van der Waals surface area contributed by atoms with E-state index in [1.807, 2.05) is 24.3 Å². The van der Waals surface area contributed by atoms with Gasteiger partial charge < -0.3 is 9.47 Å². The Morgan fingerprint density at radius 3 is 2.52 bits per heavy atom. The van der Waals surface area contributed by atoms with Crippen molar-refractivity contribution in [2.75, 3.05) is 13.7 Å². The summed E-state index contributed by atoms with van der Waals surface area (Å²) in [6.07, 6.45) is 1.03. The molecule has 0 heterocycles. The van der Waals surface area contributed by atoms with Crippen LogP contribution in [0, 0.1) is 0 Å². The van der Waals surface area contributed by atoms with E-state index in [4.69, 9.17) is 16.3 Å². The highest BCUT2D eigenvalue weighted by Gasteiger charge is 2.07. The highest BCUT2D eigenvalue weighted by Crippen LogP contribution is 2.26. The van der Waals surface area contributed by atoms with Gasteiger partial charge in [0.1, 0.15) is 5.75 Å². The van der Waals surface area contributed by atoms with E-state index in [0.717, 1.165) is 12.0 Å². The van der Waals surface area contributed by atoms with E-state index in [1.54, 1.807) is 12.1 Å². The number of benzene rings is 2. The lowest BCUT2D eigenvalue weighted by Gasteiger charge is -2.09. The van der Waals surface area contributed by atoms with Crippen molar-refractivity contribution < 1.29 is 14.3 Å². The Labute approximate surface area is 129 Å². The first-order valence-corrected chi connectivity index (χ1v) is 7.09. The van der Waals surface area contributed by atoms with Gasteiger partial charge in [-0.3, -0.25) is 4.79 Å². The van der Waals surface area contributed by atoms with Crippen LogP contribution in [-0.4, -0.2) is 19.7 Å². The van der Waals surface area contributed by atoms with E-state index < -0.39 is 0 Å². The number of carbonyl (C=O) groups is 1. The molecule has 110 valence electrons. The minimum atomic E-state index is -0.288. The molecule has 0 aliphatic heterocycles. The van der Waals surface area contributed by atoms with Crippen LogP contribution in [0.3, 0.4) is 0 Å². The number of esters is 1. The molecule has 0 bridgehead atoms. The van der Waals surface area contributed by atoms with Crippen molar-refractivity contribution in [2.24, 2.45) is 0 Å². The Hall–Kier alpha value is -2.00. The van der Waals surface area contributed by atoms with E-state index in [-0.39, 0.29) is 12.4 Å². The quantitative estimate of drug-likeness (QED) is 0.764. The molecule has 0 saturated carbocycles. The Bertz CT molecular complexity index is 596. The predicted molar refractivity (Wildman–Crippen MR) is 82.8 cm³/mol. The summed E-state index contributed by atoms with van der Waals surface area (Å²) in [5, 5.41) is 0.504.